The maximum Gasteiger partial charge on any atom is 0.220 e. The van der Waals surface area contributed by atoms with Crippen LogP contribution in [-0.4, -0.2) is 30.9 Å². The predicted octanol–water partition coefficient (Wildman–Crippen LogP) is 2.29. The Balaban J connectivity index is 1.64. The van der Waals surface area contributed by atoms with Crippen LogP contribution in [0, 0.1) is 5.92 Å². The van der Waals surface area contributed by atoms with E-state index in [1.54, 1.807) is 24.3 Å². The molecular formula is C18H26N2O3. The van der Waals surface area contributed by atoms with E-state index in [9.17, 15) is 9.59 Å². The standard InChI is InChI=1S/C18H26N2O3/c1-13(21)14-7-9-16(10-8-14)23-11-3-6-18(22)20-17-5-2-4-15(17)12-19/h7-10,15,17H,2-6,11-12,19H2,1H3,(H,20,22). The first-order valence-electron chi connectivity index (χ1n) is 8.33. The van der Waals surface area contributed by atoms with Crippen molar-refractivity contribution in [1.82, 2.24) is 5.32 Å². The van der Waals surface area contributed by atoms with Crippen molar-refractivity contribution in [2.24, 2.45) is 11.7 Å². The van der Waals surface area contributed by atoms with Crippen LogP contribution in [0.5, 0.6) is 5.75 Å². The summed E-state index contributed by atoms with van der Waals surface area (Å²) >= 11 is 0. The largest absolute Gasteiger partial charge is 0.494 e. The summed E-state index contributed by atoms with van der Waals surface area (Å²) in [4.78, 5) is 23.1. The molecule has 5 nitrogen and oxygen atoms in total. The summed E-state index contributed by atoms with van der Waals surface area (Å²) < 4.78 is 5.59. The molecule has 0 aromatic heterocycles. The minimum atomic E-state index is 0.0379. The highest BCUT2D eigenvalue weighted by Crippen LogP contribution is 2.24. The molecule has 1 aromatic carbocycles. The third-order valence-corrected chi connectivity index (χ3v) is 4.39. The van der Waals surface area contributed by atoms with Crippen LogP contribution in [0.4, 0.5) is 0 Å². The topological polar surface area (TPSA) is 81.4 Å². The van der Waals surface area contributed by atoms with Crippen molar-refractivity contribution in [1.29, 1.82) is 0 Å². The maximum absolute atomic E-state index is 11.9. The fourth-order valence-electron chi connectivity index (χ4n) is 3.00. The lowest BCUT2D eigenvalue weighted by atomic mass is 10.0. The summed E-state index contributed by atoms with van der Waals surface area (Å²) in [6, 6.07) is 7.30. The van der Waals surface area contributed by atoms with E-state index >= 15 is 0 Å². The molecule has 0 bridgehead atoms. The van der Waals surface area contributed by atoms with Gasteiger partial charge in [0.05, 0.1) is 6.61 Å². The van der Waals surface area contributed by atoms with Crippen LogP contribution in [0.2, 0.25) is 0 Å². The van der Waals surface area contributed by atoms with Crippen molar-refractivity contribution in [3.8, 4) is 5.75 Å². The number of ether oxygens (including phenoxy) is 1. The molecule has 1 fully saturated rings. The van der Waals surface area contributed by atoms with Crippen LogP contribution in [-0.2, 0) is 4.79 Å². The van der Waals surface area contributed by atoms with Gasteiger partial charge >= 0.3 is 0 Å². The monoisotopic (exact) mass is 318 g/mol. The molecule has 1 aliphatic rings. The van der Waals surface area contributed by atoms with E-state index in [1.165, 1.54) is 6.92 Å². The van der Waals surface area contributed by atoms with E-state index in [-0.39, 0.29) is 17.7 Å². The van der Waals surface area contributed by atoms with E-state index in [1.807, 2.05) is 0 Å². The van der Waals surface area contributed by atoms with Crippen molar-refractivity contribution >= 4 is 11.7 Å². The van der Waals surface area contributed by atoms with Crippen LogP contribution >= 0.6 is 0 Å². The molecule has 2 unspecified atom stereocenters. The zero-order chi connectivity index (χ0) is 16.7. The number of benzene rings is 1. The normalized spacial score (nSPS) is 20.3. The Morgan fingerprint density at radius 2 is 2.00 bits per heavy atom. The first kappa shape index (κ1) is 17.5. The van der Waals surface area contributed by atoms with Gasteiger partial charge in [0.25, 0.3) is 0 Å². The lowest BCUT2D eigenvalue weighted by molar-refractivity contribution is -0.122. The average Bonchev–Trinajstić information content (AvgIpc) is 2.99. The molecule has 126 valence electrons. The van der Waals surface area contributed by atoms with E-state index in [4.69, 9.17) is 10.5 Å². The fraction of sp³-hybridized carbons (Fsp3) is 0.556. The van der Waals surface area contributed by atoms with Gasteiger partial charge in [-0.05, 0) is 62.9 Å². The fourth-order valence-corrected chi connectivity index (χ4v) is 3.00. The van der Waals surface area contributed by atoms with Crippen LogP contribution < -0.4 is 15.8 Å². The number of nitrogens with one attached hydrogen (secondary N) is 1. The van der Waals surface area contributed by atoms with Gasteiger partial charge in [-0.3, -0.25) is 9.59 Å². The van der Waals surface area contributed by atoms with Gasteiger partial charge in [-0.2, -0.15) is 0 Å². The Morgan fingerprint density at radius 1 is 1.26 bits per heavy atom. The van der Waals surface area contributed by atoms with E-state index < -0.39 is 0 Å². The van der Waals surface area contributed by atoms with Gasteiger partial charge in [0, 0.05) is 18.0 Å². The number of carbonyl (C=O) groups excluding carboxylic acids is 2. The van der Waals surface area contributed by atoms with Gasteiger partial charge in [0.15, 0.2) is 5.78 Å². The van der Waals surface area contributed by atoms with Crippen molar-refractivity contribution in [3.05, 3.63) is 29.8 Å². The number of nitrogens with two attached hydrogens (primary N) is 1. The minimum Gasteiger partial charge on any atom is -0.494 e. The van der Waals surface area contributed by atoms with Crippen molar-refractivity contribution in [2.45, 2.75) is 45.1 Å². The number of carbonyl (C=O) groups is 2. The third-order valence-electron chi connectivity index (χ3n) is 4.39. The number of Topliss-reactive ketones (excluding diaryl/α,β-unsaturated/α-hetero) is 1. The Hall–Kier alpha value is -1.88. The van der Waals surface area contributed by atoms with E-state index in [0.717, 1.165) is 25.0 Å². The van der Waals surface area contributed by atoms with E-state index in [2.05, 4.69) is 5.32 Å². The van der Waals surface area contributed by atoms with Crippen molar-refractivity contribution in [2.75, 3.05) is 13.2 Å². The van der Waals surface area contributed by atoms with Crippen LogP contribution in [0.3, 0.4) is 0 Å². The molecule has 1 amide bonds. The predicted molar refractivity (Wildman–Crippen MR) is 89.5 cm³/mol. The number of amides is 1. The molecule has 2 atom stereocenters. The van der Waals surface area contributed by atoms with Gasteiger partial charge in [-0.1, -0.05) is 6.42 Å². The smallest absolute Gasteiger partial charge is 0.220 e. The van der Waals surface area contributed by atoms with Gasteiger partial charge in [0.2, 0.25) is 5.91 Å². The summed E-state index contributed by atoms with van der Waals surface area (Å²) in [5.41, 5.74) is 6.39. The molecular weight excluding hydrogens is 292 g/mol. The SMILES string of the molecule is CC(=O)c1ccc(OCCCC(=O)NC2CCCC2CN)cc1. The summed E-state index contributed by atoms with van der Waals surface area (Å²) in [6.45, 7) is 2.66. The van der Waals surface area contributed by atoms with E-state index in [0.29, 0.717) is 37.5 Å². The zero-order valence-corrected chi connectivity index (χ0v) is 13.7. The van der Waals surface area contributed by atoms with Crippen molar-refractivity contribution in [3.63, 3.8) is 0 Å². The molecule has 0 radical (unpaired) electrons. The second-order valence-electron chi connectivity index (χ2n) is 6.13. The summed E-state index contributed by atoms with van der Waals surface area (Å²) in [5, 5.41) is 3.09. The highest BCUT2D eigenvalue weighted by molar-refractivity contribution is 5.94. The average molecular weight is 318 g/mol. The highest BCUT2D eigenvalue weighted by atomic mass is 16.5. The van der Waals surface area contributed by atoms with Crippen LogP contribution in [0.25, 0.3) is 0 Å². The van der Waals surface area contributed by atoms with Gasteiger partial charge in [-0.25, -0.2) is 0 Å². The highest BCUT2D eigenvalue weighted by Gasteiger charge is 2.26. The first-order valence-corrected chi connectivity index (χ1v) is 8.33. The summed E-state index contributed by atoms with van der Waals surface area (Å²) in [5.74, 6) is 1.26. The quantitative estimate of drug-likeness (QED) is 0.569. The van der Waals surface area contributed by atoms with Crippen LogP contribution in [0.1, 0.15) is 49.4 Å². The number of ketones is 1. The number of rotatable bonds is 8. The molecule has 2 rings (SSSR count). The molecule has 23 heavy (non-hydrogen) atoms. The molecule has 0 saturated heterocycles. The molecule has 1 aliphatic carbocycles. The minimum absolute atomic E-state index is 0.0379. The first-order chi connectivity index (χ1) is 11.1. The molecule has 0 spiro atoms. The lowest BCUT2D eigenvalue weighted by Gasteiger charge is -2.19. The van der Waals surface area contributed by atoms with Gasteiger partial charge < -0.3 is 15.8 Å². The zero-order valence-electron chi connectivity index (χ0n) is 13.7. The van der Waals surface area contributed by atoms with Gasteiger partial charge in [0.1, 0.15) is 5.75 Å². The Labute approximate surface area is 137 Å². The number of hydrogen-bond donors (Lipinski definition) is 2. The maximum atomic E-state index is 11.9. The lowest BCUT2D eigenvalue weighted by Crippen LogP contribution is -2.39. The summed E-state index contributed by atoms with van der Waals surface area (Å²) in [6.07, 6.45) is 4.42. The van der Waals surface area contributed by atoms with Gasteiger partial charge in [-0.15, -0.1) is 0 Å². The summed E-state index contributed by atoms with van der Waals surface area (Å²) in [7, 11) is 0. The molecule has 3 N–H and O–H groups in total. The Kier molecular flexibility index (Phi) is 6.59. The molecule has 5 heteroatoms. The van der Waals surface area contributed by atoms with Crippen molar-refractivity contribution < 1.29 is 14.3 Å². The molecule has 1 saturated carbocycles. The second-order valence-corrected chi connectivity index (χ2v) is 6.13. The molecule has 0 aliphatic heterocycles. The Morgan fingerprint density at radius 3 is 2.65 bits per heavy atom. The molecule has 1 aromatic rings. The third kappa shape index (κ3) is 5.36. The number of hydrogen-bond acceptors (Lipinski definition) is 4. The molecule has 0 heterocycles. The van der Waals surface area contributed by atoms with Crippen LogP contribution in [0.15, 0.2) is 24.3 Å². The second kappa shape index (κ2) is 8.67. The Bertz CT molecular complexity index is 528.